The highest BCUT2D eigenvalue weighted by Gasteiger charge is 2.22. The Kier molecular flexibility index (Phi) is 3.46. The summed E-state index contributed by atoms with van der Waals surface area (Å²) in [6.45, 7) is 1.22. The second-order valence-electron chi connectivity index (χ2n) is 4.10. The summed E-state index contributed by atoms with van der Waals surface area (Å²) in [5.41, 5.74) is 5.19. The fraction of sp³-hybridized carbons (Fsp3) is 0.417. The number of carbonyl (C=O) groups is 1. The summed E-state index contributed by atoms with van der Waals surface area (Å²) in [5.74, 6) is 0.379. The monoisotopic (exact) mass is 238 g/mol. The third kappa shape index (κ3) is 3.09. The lowest BCUT2D eigenvalue weighted by Gasteiger charge is -2.30. The average molecular weight is 238 g/mol. The number of amides is 2. The standard InChI is InChI=1S/C12H15FN2O2/c13-9-1-3-10(4-2-9)17-11-5-7-15(8-6-11)12(14)16/h1-4,11H,5-8H2,(H2,14,16). The molecular formula is C12H15FN2O2. The maximum atomic E-state index is 12.7. The van der Waals surface area contributed by atoms with Gasteiger partial charge in [-0.25, -0.2) is 9.18 Å². The first-order chi connectivity index (χ1) is 8.15. The van der Waals surface area contributed by atoms with Gasteiger partial charge < -0.3 is 15.4 Å². The zero-order chi connectivity index (χ0) is 12.3. The molecule has 0 bridgehead atoms. The van der Waals surface area contributed by atoms with Crippen LogP contribution in [0.3, 0.4) is 0 Å². The third-order valence-corrected chi connectivity index (χ3v) is 2.87. The van der Waals surface area contributed by atoms with Crippen molar-refractivity contribution in [2.75, 3.05) is 13.1 Å². The predicted molar refractivity (Wildman–Crippen MR) is 61.2 cm³/mol. The number of nitrogens with two attached hydrogens (primary N) is 1. The number of rotatable bonds is 2. The largest absolute Gasteiger partial charge is 0.490 e. The van der Waals surface area contributed by atoms with E-state index in [1.165, 1.54) is 12.1 Å². The molecule has 0 radical (unpaired) electrons. The van der Waals surface area contributed by atoms with E-state index < -0.39 is 0 Å². The van der Waals surface area contributed by atoms with Crippen LogP contribution in [0.5, 0.6) is 5.75 Å². The van der Waals surface area contributed by atoms with E-state index in [1.54, 1.807) is 17.0 Å². The van der Waals surface area contributed by atoms with Crippen LogP contribution in [-0.2, 0) is 0 Å². The van der Waals surface area contributed by atoms with Crippen LogP contribution in [0, 0.1) is 5.82 Å². The van der Waals surface area contributed by atoms with Crippen LogP contribution in [0.4, 0.5) is 9.18 Å². The van der Waals surface area contributed by atoms with Crippen LogP contribution < -0.4 is 10.5 Å². The Morgan fingerprint density at radius 1 is 1.29 bits per heavy atom. The van der Waals surface area contributed by atoms with Crippen LogP contribution in [0.2, 0.25) is 0 Å². The molecule has 5 heteroatoms. The maximum absolute atomic E-state index is 12.7. The van der Waals surface area contributed by atoms with E-state index in [4.69, 9.17) is 10.5 Å². The van der Waals surface area contributed by atoms with Crippen molar-refractivity contribution in [2.24, 2.45) is 5.73 Å². The molecule has 1 fully saturated rings. The van der Waals surface area contributed by atoms with E-state index in [9.17, 15) is 9.18 Å². The van der Waals surface area contributed by atoms with Crippen LogP contribution in [0.25, 0.3) is 0 Å². The smallest absolute Gasteiger partial charge is 0.314 e. The second-order valence-corrected chi connectivity index (χ2v) is 4.10. The van der Waals surface area contributed by atoms with Crippen LogP contribution in [0.1, 0.15) is 12.8 Å². The molecule has 0 atom stereocenters. The molecule has 92 valence electrons. The fourth-order valence-electron chi connectivity index (χ4n) is 1.90. The Morgan fingerprint density at radius 2 is 1.88 bits per heavy atom. The highest BCUT2D eigenvalue weighted by Crippen LogP contribution is 2.19. The molecule has 1 heterocycles. The zero-order valence-electron chi connectivity index (χ0n) is 9.43. The minimum absolute atomic E-state index is 0.0658. The molecule has 0 unspecified atom stereocenters. The van der Waals surface area contributed by atoms with Gasteiger partial charge in [-0.2, -0.15) is 0 Å². The molecule has 0 saturated carbocycles. The maximum Gasteiger partial charge on any atom is 0.314 e. The molecule has 0 aliphatic carbocycles. The van der Waals surface area contributed by atoms with Crippen molar-refractivity contribution in [3.05, 3.63) is 30.1 Å². The minimum Gasteiger partial charge on any atom is -0.490 e. The second kappa shape index (κ2) is 5.03. The summed E-state index contributed by atoms with van der Waals surface area (Å²) < 4.78 is 18.4. The molecule has 1 aliphatic rings. The van der Waals surface area contributed by atoms with Gasteiger partial charge in [-0.15, -0.1) is 0 Å². The predicted octanol–water partition coefficient (Wildman–Crippen LogP) is 1.75. The molecule has 1 aromatic carbocycles. The van der Waals surface area contributed by atoms with Gasteiger partial charge in [0.05, 0.1) is 0 Å². The van der Waals surface area contributed by atoms with E-state index in [2.05, 4.69) is 0 Å². The molecule has 1 saturated heterocycles. The summed E-state index contributed by atoms with van der Waals surface area (Å²) in [6, 6.07) is 5.57. The SMILES string of the molecule is NC(=O)N1CCC(Oc2ccc(F)cc2)CC1. The topological polar surface area (TPSA) is 55.6 Å². The number of piperidine rings is 1. The van der Waals surface area contributed by atoms with Crippen LogP contribution in [0.15, 0.2) is 24.3 Å². The summed E-state index contributed by atoms with van der Waals surface area (Å²) >= 11 is 0. The lowest BCUT2D eigenvalue weighted by atomic mass is 10.1. The van der Waals surface area contributed by atoms with Gasteiger partial charge in [0.2, 0.25) is 0 Å². The number of hydrogen-bond donors (Lipinski definition) is 1. The number of carbonyl (C=O) groups excluding carboxylic acids is 1. The normalized spacial score (nSPS) is 16.9. The van der Waals surface area contributed by atoms with Gasteiger partial charge in [-0.1, -0.05) is 0 Å². The van der Waals surface area contributed by atoms with Crippen molar-refractivity contribution in [1.29, 1.82) is 0 Å². The Morgan fingerprint density at radius 3 is 2.41 bits per heavy atom. The van der Waals surface area contributed by atoms with Crippen molar-refractivity contribution >= 4 is 6.03 Å². The van der Waals surface area contributed by atoms with E-state index in [0.717, 1.165) is 12.8 Å². The number of ether oxygens (including phenoxy) is 1. The molecule has 0 spiro atoms. The first-order valence-electron chi connectivity index (χ1n) is 5.62. The van der Waals surface area contributed by atoms with Crippen LogP contribution in [-0.4, -0.2) is 30.1 Å². The van der Waals surface area contributed by atoms with Crippen molar-refractivity contribution in [1.82, 2.24) is 4.90 Å². The van der Waals surface area contributed by atoms with E-state index in [-0.39, 0.29) is 18.0 Å². The Labute approximate surface area is 99.2 Å². The molecule has 2 amide bonds. The summed E-state index contributed by atoms with van der Waals surface area (Å²) in [4.78, 5) is 12.5. The van der Waals surface area contributed by atoms with Crippen molar-refractivity contribution < 1.29 is 13.9 Å². The van der Waals surface area contributed by atoms with Gasteiger partial charge in [0.1, 0.15) is 17.7 Å². The van der Waals surface area contributed by atoms with Crippen molar-refractivity contribution in [2.45, 2.75) is 18.9 Å². The van der Waals surface area contributed by atoms with Gasteiger partial charge in [-0.3, -0.25) is 0 Å². The van der Waals surface area contributed by atoms with E-state index in [1.807, 2.05) is 0 Å². The average Bonchev–Trinajstić information content (AvgIpc) is 2.33. The Balaban J connectivity index is 1.85. The van der Waals surface area contributed by atoms with Gasteiger partial charge >= 0.3 is 6.03 Å². The van der Waals surface area contributed by atoms with Gasteiger partial charge in [0.25, 0.3) is 0 Å². The number of likely N-dealkylation sites (tertiary alicyclic amines) is 1. The molecule has 0 aromatic heterocycles. The molecule has 17 heavy (non-hydrogen) atoms. The highest BCUT2D eigenvalue weighted by atomic mass is 19.1. The number of primary amides is 1. The van der Waals surface area contributed by atoms with E-state index in [0.29, 0.717) is 18.8 Å². The highest BCUT2D eigenvalue weighted by molar-refractivity contribution is 5.72. The number of halogens is 1. The van der Waals surface area contributed by atoms with Crippen LogP contribution >= 0.6 is 0 Å². The minimum atomic E-state index is -0.384. The van der Waals surface area contributed by atoms with E-state index >= 15 is 0 Å². The Hall–Kier alpha value is -1.78. The van der Waals surface area contributed by atoms with Crippen molar-refractivity contribution in [3.8, 4) is 5.75 Å². The number of nitrogens with zero attached hydrogens (tertiary/aromatic N) is 1. The van der Waals surface area contributed by atoms with Gasteiger partial charge in [-0.05, 0) is 24.3 Å². The third-order valence-electron chi connectivity index (χ3n) is 2.87. The fourth-order valence-corrected chi connectivity index (χ4v) is 1.90. The first kappa shape index (κ1) is 11.7. The molecule has 2 rings (SSSR count). The molecule has 4 nitrogen and oxygen atoms in total. The summed E-state index contributed by atoms with van der Waals surface area (Å²) in [5, 5.41) is 0. The first-order valence-corrected chi connectivity index (χ1v) is 5.62. The Bertz CT molecular complexity index is 386. The lowest BCUT2D eigenvalue weighted by molar-refractivity contribution is 0.114. The summed E-state index contributed by atoms with van der Waals surface area (Å²) in [7, 11) is 0. The summed E-state index contributed by atoms with van der Waals surface area (Å²) in [6.07, 6.45) is 1.57. The van der Waals surface area contributed by atoms with Gasteiger partial charge in [0.15, 0.2) is 0 Å². The number of hydrogen-bond acceptors (Lipinski definition) is 2. The number of benzene rings is 1. The molecule has 2 N–H and O–H groups in total. The molecular weight excluding hydrogens is 223 g/mol. The number of urea groups is 1. The molecule has 1 aliphatic heterocycles. The van der Waals surface area contributed by atoms with Crippen molar-refractivity contribution in [3.63, 3.8) is 0 Å². The van der Waals surface area contributed by atoms with Gasteiger partial charge in [0, 0.05) is 25.9 Å². The zero-order valence-corrected chi connectivity index (χ0v) is 9.43. The molecule has 1 aromatic rings. The quantitative estimate of drug-likeness (QED) is 0.853. The lowest BCUT2D eigenvalue weighted by Crippen LogP contribution is -2.44.